The summed E-state index contributed by atoms with van der Waals surface area (Å²) in [6.07, 6.45) is -0.748. The maximum Gasteiger partial charge on any atom is 0.412 e. The zero-order valence-electron chi connectivity index (χ0n) is 14.3. The van der Waals surface area contributed by atoms with Gasteiger partial charge in [-0.1, -0.05) is 30.3 Å². The number of anilines is 1. The van der Waals surface area contributed by atoms with Crippen LogP contribution in [0, 0.1) is 6.92 Å². The van der Waals surface area contributed by atoms with Crippen LogP contribution in [0.5, 0.6) is 0 Å². The van der Waals surface area contributed by atoms with Crippen LogP contribution in [-0.4, -0.2) is 23.7 Å². The monoisotopic (exact) mass is 344 g/mol. The normalized spacial score (nSPS) is 11.5. The standard InChI is InChI=1S/C18H20N2O5/c1-12-9-10-15(16(21)20(12)13(2)17(22)24-3)19-18(23)25-11-14-7-5-4-6-8-14/h4-10,13H,11H2,1-3H3,(H,19,23). The van der Waals surface area contributed by atoms with Gasteiger partial charge < -0.3 is 9.47 Å². The highest BCUT2D eigenvalue weighted by Gasteiger charge is 2.20. The van der Waals surface area contributed by atoms with Gasteiger partial charge in [-0.05, 0) is 31.5 Å². The predicted molar refractivity (Wildman–Crippen MR) is 92.4 cm³/mol. The molecule has 1 unspecified atom stereocenters. The van der Waals surface area contributed by atoms with Crippen LogP contribution in [0.2, 0.25) is 0 Å². The molecule has 0 aliphatic heterocycles. The highest BCUT2D eigenvalue weighted by molar-refractivity contribution is 5.84. The van der Waals surface area contributed by atoms with Crippen molar-refractivity contribution >= 4 is 17.7 Å². The molecule has 2 rings (SSSR count). The van der Waals surface area contributed by atoms with E-state index >= 15 is 0 Å². The van der Waals surface area contributed by atoms with E-state index in [-0.39, 0.29) is 12.3 Å². The first-order valence-corrected chi connectivity index (χ1v) is 7.71. The topological polar surface area (TPSA) is 86.6 Å². The molecule has 0 saturated heterocycles. The summed E-state index contributed by atoms with van der Waals surface area (Å²) in [5.41, 5.74) is 0.929. The van der Waals surface area contributed by atoms with Crippen molar-refractivity contribution in [2.24, 2.45) is 0 Å². The fourth-order valence-corrected chi connectivity index (χ4v) is 2.37. The van der Waals surface area contributed by atoms with Crippen LogP contribution in [0.1, 0.15) is 24.2 Å². The second-order valence-electron chi connectivity index (χ2n) is 5.45. The summed E-state index contributed by atoms with van der Waals surface area (Å²) >= 11 is 0. The molecule has 132 valence electrons. The van der Waals surface area contributed by atoms with E-state index in [1.165, 1.54) is 17.7 Å². The fourth-order valence-electron chi connectivity index (χ4n) is 2.37. The number of carbonyl (C=O) groups is 2. The number of pyridine rings is 1. The predicted octanol–water partition coefficient (Wildman–Crippen LogP) is 2.64. The molecule has 25 heavy (non-hydrogen) atoms. The minimum atomic E-state index is -0.806. The number of benzene rings is 1. The van der Waals surface area contributed by atoms with Gasteiger partial charge in [0, 0.05) is 5.69 Å². The summed E-state index contributed by atoms with van der Waals surface area (Å²) in [6.45, 7) is 3.33. The first kappa shape index (κ1) is 18.3. The summed E-state index contributed by atoms with van der Waals surface area (Å²) in [7, 11) is 1.25. The molecule has 1 aromatic heterocycles. The van der Waals surface area contributed by atoms with Crippen LogP contribution >= 0.6 is 0 Å². The number of esters is 1. The number of hydrogen-bond acceptors (Lipinski definition) is 5. The number of ether oxygens (including phenoxy) is 2. The molecule has 0 aliphatic carbocycles. The molecule has 1 amide bonds. The van der Waals surface area contributed by atoms with Crippen molar-refractivity contribution in [1.29, 1.82) is 0 Å². The number of methoxy groups -OCH3 is 1. The lowest BCUT2D eigenvalue weighted by Gasteiger charge is -2.17. The maximum atomic E-state index is 12.5. The molecule has 2 aromatic rings. The zero-order valence-corrected chi connectivity index (χ0v) is 14.3. The molecule has 0 aliphatic rings. The number of hydrogen-bond donors (Lipinski definition) is 1. The molecule has 7 heteroatoms. The smallest absolute Gasteiger partial charge is 0.412 e. The van der Waals surface area contributed by atoms with E-state index in [9.17, 15) is 14.4 Å². The largest absolute Gasteiger partial charge is 0.467 e. The van der Waals surface area contributed by atoms with E-state index < -0.39 is 23.7 Å². The van der Waals surface area contributed by atoms with Crippen molar-refractivity contribution in [3.05, 3.63) is 64.1 Å². The molecular weight excluding hydrogens is 324 g/mol. The second kappa shape index (κ2) is 8.14. The van der Waals surface area contributed by atoms with Crippen molar-refractivity contribution < 1.29 is 19.1 Å². The molecule has 0 spiro atoms. The fraction of sp³-hybridized carbons (Fsp3) is 0.278. The van der Waals surface area contributed by atoms with Crippen LogP contribution in [0.4, 0.5) is 10.5 Å². The van der Waals surface area contributed by atoms with Crippen molar-refractivity contribution in [1.82, 2.24) is 4.57 Å². The van der Waals surface area contributed by atoms with Gasteiger partial charge in [0.25, 0.3) is 5.56 Å². The van der Waals surface area contributed by atoms with Gasteiger partial charge in [0.15, 0.2) is 0 Å². The maximum absolute atomic E-state index is 12.5. The number of aromatic nitrogens is 1. The first-order valence-electron chi connectivity index (χ1n) is 7.71. The molecule has 1 N–H and O–H groups in total. The van der Waals surface area contributed by atoms with Crippen molar-refractivity contribution in [3.8, 4) is 0 Å². The van der Waals surface area contributed by atoms with Crippen molar-refractivity contribution in [2.45, 2.75) is 26.5 Å². The summed E-state index contributed by atoms with van der Waals surface area (Å²) in [5, 5.41) is 2.41. The molecule has 1 aromatic carbocycles. The third kappa shape index (κ3) is 4.47. The molecule has 0 fully saturated rings. The number of amides is 1. The van der Waals surface area contributed by atoms with Crippen LogP contribution in [0.3, 0.4) is 0 Å². The Morgan fingerprint density at radius 3 is 2.48 bits per heavy atom. The lowest BCUT2D eigenvalue weighted by atomic mass is 10.2. The average molecular weight is 344 g/mol. The summed E-state index contributed by atoms with van der Waals surface area (Å²) in [4.78, 5) is 36.2. The molecule has 0 bridgehead atoms. The summed E-state index contributed by atoms with van der Waals surface area (Å²) in [5.74, 6) is -0.547. The Labute approximate surface area is 145 Å². The molecule has 1 heterocycles. The van der Waals surface area contributed by atoms with Crippen molar-refractivity contribution in [3.63, 3.8) is 0 Å². The highest BCUT2D eigenvalue weighted by atomic mass is 16.5. The van der Waals surface area contributed by atoms with Crippen LogP contribution in [0.15, 0.2) is 47.3 Å². The van der Waals surface area contributed by atoms with Gasteiger partial charge >= 0.3 is 12.1 Å². The van der Waals surface area contributed by atoms with E-state index in [0.29, 0.717) is 5.69 Å². The Bertz CT molecular complexity index is 814. The SMILES string of the molecule is COC(=O)C(C)n1c(C)ccc(NC(=O)OCc2ccccc2)c1=O. The first-order chi connectivity index (χ1) is 11.9. The van der Waals surface area contributed by atoms with Crippen molar-refractivity contribution in [2.75, 3.05) is 12.4 Å². The van der Waals surface area contributed by atoms with E-state index in [1.807, 2.05) is 30.3 Å². The van der Waals surface area contributed by atoms with Crippen LogP contribution < -0.4 is 10.9 Å². The minimum Gasteiger partial charge on any atom is -0.467 e. The Balaban J connectivity index is 2.13. The van der Waals surface area contributed by atoms with Gasteiger partial charge in [-0.3, -0.25) is 14.7 Å². The molecule has 0 radical (unpaired) electrons. The Hall–Kier alpha value is -3.09. The number of aryl methyl sites for hydroxylation is 1. The Kier molecular flexibility index (Phi) is 5.94. The lowest BCUT2D eigenvalue weighted by Crippen LogP contribution is -2.33. The van der Waals surface area contributed by atoms with E-state index in [0.717, 1.165) is 5.56 Å². The summed E-state index contributed by atoms with van der Waals surface area (Å²) in [6, 6.07) is 11.5. The number of rotatable bonds is 5. The molecule has 1 atom stereocenters. The quantitative estimate of drug-likeness (QED) is 0.843. The molecular formula is C18H20N2O5. The number of nitrogens with zero attached hydrogens (tertiary/aromatic N) is 1. The summed E-state index contributed by atoms with van der Waals surface area (Å²) < 4.78 is 11.0. The third-order valence-corrected chi connectivity index (χ3v) is 3.70. The van der Waals surface area contributed by atoms with Gasteiger partial charge in [0.1, 0.15) is 18.3 Å². The Morgan fingerprint density at radius 1 is 1.16 bits per heavy atom. The van der Waals surface area contributed by atoms with Gasteiger partial charge in [0.2, 0.25) is 0 Å². The lowest BCUT2D eigenvalue weighted by molar-refractivity contribution is -0.144. The number of nitrogens with one attached hydrogen (secondary N) is 1. The van der Waals surface area contributed by atoms with E-state index in [4.69, 9.17) is 4.74 Å². The average Bonchev–Trinajstić information content (AvgIpc) is 2.62. The highest BCUT2D eigenvalue weighted by Crippen LogP contribution is 2.12. The minimum absolute atomic E-state index is 0.0272. The van der Waals surface area contributed by atoms with Gasteiger partial charge in [0.05, 0.1) is 7.11 Å². The third-order valence-electron chi connectivity index (χ3n) is 3.70. The van der Waals surface area contributed by atoms with Gasteiger partial charge in [-0.2, -0.15) is 0 Å². The van der Waals surface area contributed by atoms with E-state index in [1.54, 1.807) is 19.9 Å². The second-order valence-corrected chi connectivity index (χ2v) is 5.45. The van der Waals surface area contributed by atoms with Gasteiger partial charge in [-0.15, -0.1) is 0 Å². The Morgan fingerprint density at radius 2 is 1.84 bits per heavy atom. The van der Waals surface area contributed by atoms with Gasteiger partial charge in [-0.25, -0.2) is 9.59 Å². The van der Waals surface area contributed by atoms with E-state index in [2.05, 4.69) is 10.1 Å². The van der Waals surface area contributed by atoms with Crippen LogP contribution in [-0.2, 0) is 20.9 Å². The van der Waals surface area contributed by atoms with Crippen LogP contribution in [0.25, 0.3) is 0 Å². The zero-order chi connectivity index (χ0) is 18.4. The molecule has 7 nitrogen and oxygen atoms in total. The number of carbonyl (C=O) groups excluding carboxylic acids is 2. The molecule has 0 saturated carbocycles.